The first-order valence-electron chi connectivity index (χ1n) is 17.6. The van der Waals surface area contributed by atoms with Crippen molar-refractivity contribution in [1.29, 1.82) is 0 Å². The highest BCUT2D eigenvalue weighted by atomic mass is 32.2. The van der Waals surface area contributed by atoms with Crippen molar-refractivity contribution in [2.75, 3.05) is 30.1 Å². The Hall–Kier alpha value is -4.64. The number of methoxy groups -OCH3 is 1. The Morgan fingerprint density at radius 1 is 0.784 bits per heavy atom. The summed E-state index contributed by atoms with van der Waals surface area (Å²) in [6, 6.07) is 16.7. The number of benzene rings is 3. The van der Waals surface area contributed by atoms with Gasteiger partial charge in [0.1, 0.15) is 11.2 Å². The highest BCUT2D eigenvalue weighted by molar-refractivity contribution is 8.13. The van der Waals surface area contributed by atoms with E-state index in [-0.39, 0.29) is 22.5 Å². The first-order valence-corrected chi connectivity index (χ1v) is 18.6. The van der Waals surface area contributed by atoms with Crippen LogP contribution in [0.25, 0.3) is 10.9 Å². The molecule has 1 fully saturated rings. The minimum Gasteiger partial charge on any atom is -0.493 e. The number of unbranched alkanes of at least 4 members (excludes halogenated alkanes) is 7. The van der Waals surface area contributed by atoms with Crippen LogP contribution in [0.5, 0.6) is 23.0 Å². The number of anilines is 2. The van der Waals surface area contributed by atoms with Crippen LogP contribution in [0.1, 0.15) is 76.7 Å². The lowest BCUT2D eigenvalue weighted by Gasteiger charge is -2.16. The molecule has 2 amide bonds. The lowest BCUT2D eigenvalue weighted by molar-refractivity contribution is -0.131. The Balaban J connectivity index is 1.12. The van der Waals surface area contributed by atoms with Crippen LogP contribution in [0.4, 0.5) is 15.8 Å². The summed E-state index contributed by atoms with van der Waals surface area (Å²) in [7, 11) is 1.56. The summed E-state index contributed by atoms with van der Waals surface area (Å²) in [5.74, 6) is 0.815. The van der Waals surface area contributed by atoms with E-state index in [0.29, 0.717) is 53.3 Å². The number of halogens is 1. The van der Waals surface area contributed by atoms with Gasteiger partial charge in [-0.1, -0.05) is 68.0 Å². The van der Waals surface area contributed by atoms with Gasteiger partial charge in [0.15, 0.2) is 28.2 Å². The number of nitrogens with one attached hydrogen (secondary N) is 2. The van der Waals surface area contributed by atoms with Crippen LogP contribution in [0.2, 0.25) is 0 Å². The van der Waals surface area contributed by atoms with E-state index >= 15 is 4.39 Å². The minimum absolute atomic E-state index is 0.0370. The molecule has 0 atom stereocenters. The molecule has 1 heterocycles. The molecule has 11 heteroatoms. The maximum Gasteiger partial charge on any atom is 0.240 e. The SMILES string of the molecule is COc1cc2c(Oc3ccc(NC(=O)C4(C(=O)Nc5ccc(C)cc5)CC4)cc3F)ccnc2cc1OCCCCCCCCCCSC(C)=O. The van der Waals surface area contributed by atoms with Crippen LogP contribution in [0.3, 0.4) is 0 Å². The third kappa shape index (κ3) is 10.4. The second kappa shape index (κ2) is 18.0. The number of aryl methyl sites for hydroxylation is 1. The van der Waals surface area contributed by atoms with Crippen molar-refractivity contribution in [3.05, 3.63) is 78.2 Å². The van der Waals surface area contributed by atoms with Gasteiger partial charge < -0.3 is 24.8 Å². The zero-order chi connectivity index (χ0) is 36.2. The van der Waals surface area contributed by atoms with Crippen molar-refractivity contribution in [2.24, 2.45) is 5.41 Å². The number of amides is 2. The van der Waals surface area contributed by atoms with Crippen molar-refractivity contribution >= 4 is 51.0 Å². The van der Waals surface area contributed by atoms with Crippen LogP contribution in [0, 0.1) is 18.2 Å². The average Bonchev–Trinajstić information content (AvgIpc) is 3.93. The molecule has 1 aliphatic rings. The summed E-state index contributed by atoms with van der Waals surface area (Å²) >= 11 is 1.41. The van der Waals surface area contributed by atoms with Crippen molar-refractivity contribution in [2.45, 2.75) is 78.1 Å². The van der Waals surface area contributed by atoms with Crippen molar-refractivity contribution in [3.8, 4) is 23.0 Å². The number of aromatic nitrogens is 1. The van der Waals surface area contributed by atoms with Gasteiger partial charge in [0.25, 0.3) is 0 Å². The third-order valence-corrected chi connectivity index (χ3v) is 9.83. The summed E-state index contributed by atoms with van der Waals surface area (Å²) in [6.07, 6.45) is 11.4. The molecule has 1 aromatic heterocycles. The Bertz CT molecular complexity index is 1830. The van der Waals surface area contributed by atoms with Gasteiger partial charge in [-0.3, -0.25) is 19.4 Å². The second-order valence-electron chi connectivity index (χ2n) is 12.9. The van der Waals surface area contributed by atoms with Gasteiger partial charge >= 0.3 is 0 Å². The number of nitrogens with zero attached hydrogens (tertiary/aromatic N) is 1. The molecule has 270 valence electrons. The summed E-state index contributed by atoms with van der Waals surface area (Å²) in [5.41, 5.74) is 1.31. The molecule has 0 saturated heterocycles. The maximum atomic E-state index is 15.3. The lowest BCUT2D eigenvalue weighted by atomic mass is 10.0. The largest absolute Gasteiger partial charge is 0.493 e. The molecule has 1 aliphatic carbocycles. The number of rotatable bonds is 19. The number of carbonyl (C=O) groups excluding carboxylic acids is 3. The Morgan fingerprint density at radius 3 is 2.08 bits per heavy atom. The van der Waals surface area contributed by atoms with Gasteiger partial charge in [-0.15, -0.1) is 0 Å². The summed E-state index contributed by atoms with van der Waals surface area (Å²) < 4.78 is 33.0. The van der Waals surface area contributed by atoms with Crippen LogP contribution < -0.4 is 24.8 Å². The van der Waals surface area contributed by atoms with E-state index < -0.39 is 17.1 Å². The van der Waals surface area contributed by atoms with Gasteiger partial charge in [-0.05, 0) is 69.0 Å². The number of ether oxygens (including phenoxy) is 3. The molecule has 3 aromatic carbocycles. The number of fused-ring (bicyclic) bond motifs is 1. The van der Waals surface area contributed by atoms with E-state index in [1.807, 2.05) is 19.1 Å². The van der Waals surface area contributed by atoms with Crippen LogP contribution in [-0.4, -0.2) is 41.4 Å². The fraction of sp³-hybridized carbons (Fsp3) is 0.400. The standard InChI is InChI=1S/C40H46FN3O6S/c1-27-12-14-29(15-13-27)43-38(46)40(19-20-40)39(47)44-30-16-17-35(32(41)24-30)50-34-18-21-42-33-26-37(36(48-3)25-31(33)34)49-22-10-8-6-4-5-7-9-11-23-51-28(2)45/h12-18,21,24-26H,4-11,19-20,22-23H2,1-3H3,(H,43,46)(H,44,47). The average molecular weight is 716 g/mol. The molecule has 0 aliphatic heterocycles. The molecular weight excluding hydrogens is 670 g/mol. The summed E-state index contributed by atoms with van der Waals surface area (Å²) in [5, 5.41) is 6.34. The van der Waals surface area contributed by atoms with Crippen molar-refractivity contribution in [1.82, 2.24) is 4.98 Å². The molecule has 0 unspecified atom stereocenters. The quantitative estimate of drug-likeness (QED) is 0.0729. The molecule has 51 heavy (non-hydrogen) atoms. The maximum absolute atomic E-state index is 15.3. The fourth-order valence-corrected chi connectivity index (χ4v) is 6.39. The number of thioether (sulfide) groups is 1. The van der Waals surface area contributed by atoms with Crippen LogP contribution >= 0.6 is 11.8 Å². The predicted molar refractivity (Wildman–Crippen MR) is 200 cm³/mol. The van der Waals surface area contributed by atoms with Crippen LogP contribution in [-0.2, 0) is 14.4 Å². The van der Waals surface area contributed by atoms with Crippen molar-refractivity contribution in [3.63, 3.8) is 0 Å². The molecule has 9 nitrogen and oxygen atoms in total. The van der Waals surface area contributed by atoms with Crippen LogP contribution in [0.15, 0.2) is 66.9 Å². The minimum atomic E-state index is -1.19. The smallest absolute Gasteiger partial charge is 0.240 e. The second-order valence-corrected chi connectivity index (χ2v) is 14.2. The Labute approximate surface area is 303 Å². The van der Waals surface area contributed by atoms with Gasteiger partial charge in [0.05, 0.1) is 19.2 Å². The summed E-state index contributed by atoms with van der Waals surface area (Å²) in [4.78, 5) is 41.6. The van der Waals surface area contributed by atoms with E-state index in [4.69, 9.17) is 14.2 Å². The number of hydrogen-bond acceptors (Lipinski definition) is 8. The van der Waals surface area contributed by atoms with E-state index in [1.54, 1.807) is 50.6 Å². The molecular formula is C40H46FN3O6S. The van der Waals surface area contributed by atoms with Gasteiger partial charge in [0.2, 0.25) is 11.8 Å². The first-order chi connectivity index (χ1) is 24.7. The third-order valence-electron chi connectivity index (χ3n) is 8.93. The van der Waals surface area contributed by atoms with Gasteiger partial charge in [-0.25, -0.2) is 4.39 Å². The Morgan fingerprint density at radius 2 is 1.43 bits per heavy atom. The zero-order valence-corrected chi connectivity index (χ0v) is 30.3. The van der Waals surface area contributed by atoms with Gasteiger partial charge in [0, 0.05) is 47.8 Å². The molecule has 0 bridgehead atoms. The molecule has 5 rings (SSSR count). The van der Waals surface area contributed by atoms with E-state index in [1.165, 1.54) is 55.6 Å². The molecule has 0 radical (unpaired) electrons. The predicted octanol–water partition coefficient (Wildman–Crippen LogP) is 9.62. The highest BCUT2D eigenvalue weighted by Crippen LogP contribution is 2.48. The highest BCUT2D eigenvalue weighted by Gasteiger charge is 2.56. The summed E-state index contributed by atoms with van der Waals surface area (Å²) in [6.45, 7) is 4.12. The normalized spacial score (nSPS) is 13.0. The number of hydrogen-bond donors (Lipinski definition) is 2. The number of pyridine rings is 1. The zero-order valence-electron chi connectivity index (χ0n) is 29.5. The van der Waals surface area contributed by atoms with Crippen molar-refractivity contribution < 1.29 is 33.0 Å². The van der Waals surface area contributed by atoms with E-state index in [2.05, 4.69) is 15.6 Å². The molecule has 2 N–H and O–H groups in total. The fourth-order valence-electron chi connectivity index (χ4n) is 5.75. The molecule has 4 aromatic rings. The first kappa shape index (κ1) is 37.6. The molecule has 0 spiro atoms. The monoisotopic (exact) mass is 715 g/mol. The topological polar surface area (TPSA) is 116 Å². The number of carbonyl (C=O) groups is 3. The van der Waals surface area contributed by atoms with Gasteiger partial charge in [-0.2, -0.15) is 0 Å². The van der Waals surface area contributed by atoms with E-state index in [0.717, 1.165) is 37.0 Å². The Kier molecular flexibility index (Phi) is 13.3. The lowest BCUT2D eigenvalue weighted by Crippen LogP contribution is -2.35. The molecule has 1 saturated carbocycles. The van der Waals surface area contributed by atoms with E-state index in [9.17, 15) is 14.4 Å².